The van der Waals surface area contributed by atoms with E-state index < -0.39 is 11.8 Å². The first-order valence-corrected chi connectivity index (χ1v) is 8.40. The molecule has 2 heterocycles. The van der Waals surface area contributed by atoms with Gasteiger partial charge in [-0.2, -0.15) is 0 Å². The van der Waals surface area contributed by atoms with Crippen LogP contribution in [0.4, 0.5) is 10.1 Å². The molecule has 4 rings (SSSR count). The molecular formula is C18H14FN3O2S. The van der Waals surface area contributed by atoms with Gasteiger partial charge in [0.2, 0.25) is 0 Å². The third-order valence-corrected chi connectivity index (χ3v) is 5.09. The van der Waals surface area contributed by atoms with E-state index in [1.165, 1.54) is 24.3 Å². The first-order valence-electron chi connectivity index (χ1n) is 7.62. The highest BCUT2D eigenvalue weighted by Gasteiger charge is 2.29. The maximum absolute atomic E-state index is 13.8. The van der Waals surface area contributed by atoms with E-state index in [2.05, 4.69) is 9.71 Å². The Morgan fingerprint density at radius 3 is 2.96 bits per heavy atom. The van der Waals surface area contributed by atoms with Crippen LogP contribution in [-0.4, -0.2) is 27.4 Å². The molecule has 1 atom stereocenters. The minimum absolute atomic E-state index is 0.216. The maximum Gasteiger partial charge on any atom is 0.338 e. The summed E-state index contributed by atoms with van der Waals surface area (Å²) in [4.78, 5) is 15.7. The molecule has 1 aliphatic heterocycles. The summed E-state index contributed by atoms with van der Waals surface area (Å²) in [6.07, 6.45) is 1.74. The zero-order valence-electron chi connectivity index (χ0n) is 13.2. The largest absolute Gasteiger partial charge is 0.478 e. The van der Waals surface area contributed by atoms with Gasteiger partial charge in [0, 0.05) is 36.3 Å². The molecule has 3 aromatic rings. The molecule has 0 saturated carbocycles. The number of aromatic carboxylic acids is 1. The van der Waals surface area contributed by atoms with Gasteiger partial charge >= 0.3 is 5.97 Å². The number of halogens is 1. The van der Waals surface area contributed by atoms with Gasteiger partial charge in [0.1, 0.15) is 5.82 Å². The van der Waals surface area contributed by atoms with Gasteiger partial charge in [-0.3, -0.25) is 4.98 Å². The Hall–Kier alpha value is -2.64. The number of hydrogen-bond acceptors (Lipinski definition) is 5. The normalized spacial score (nSPS) is 17.1. The predicted octanol–water partition coefficient (Wildman–Crippen LogP) is 4.08. The number of fused-ring (bicyclic) bond motifs is 3. The molecule has 0 amide bonds. The van der Waals surface area contributed by atoms with Gasteiger partial charge in [-0.05, 0) is 23.8 Å². The number of carbonyl (C=O) groups is 1. The second-order valence-electron chi connectivity index (χ2n) is 5.79. The van der Waals surface area contributed by atoms with Crippen molar-refractivity contribution < 1.29 is 14.3 Å². The molecule has 0 aliphatic carbocycles. The molecule has 0 fully saturated rings. The summed E-state index contributed by atoms with van der Waals surface area (Å²) < 4.78 is 19.0. The summed E-state index contributed by atoms with van der Waals surface area (Å²) in [5.41, 5.74) is 3.11. The van der Waals surface area contributed by atoms with Gasteiger partial charge in [-0.15, -0.1) is 0 Å². The fraction of sp³-hybridized carbons (Fsp3) is 0.111. The zero-order valence-corrected chi connectivity index (χ0v) is 14.0. The lowest BCUT2D eigenvalue weighted by atomic mass is 9.94. The van der Waals surface area contributed by atoms with Crippen LogP contribution in [0.25, 0.3) is 10.9 Å². The van der Waals surface area contributed by atoms with E-state index in [4.69, 9.17) is 0 Å². The monoisotopic (exact) mass is 355 g/mol. The summed E-state index contributed by atoms with van der Waals surface area (Å²) in [6.45, 7) is 0. The topological polar surface area (TPSA) is 65.5 Å². The second-order valence-corrected chi connectivity index (χ2v) is 6.75. The Morgan fingerprint density at radius 1 is 1.32 bits per heavy atom. The van der Waals surface area contributed by atoms with Gasteiger partial charge < -0.3 is 9.83 Å². The molecule has 0 radical (unpaired) electrons. The first-order chi connectivity index (χ1) is 12.1. The summed E-state index contributed by atoms with van der Waals surface area (Å²) in [7, 11) is 1.90. The fourth-order valence-corrected chi connectivity index (χ4v) is 3.92. The molecule has 2 aromatic carbocycles. The predicted molar refractivity (Wildman–Crippen MR) is 95.9 cm³/mol. The van der Waals surface area contributed by atoms with Crippen LogP contribution >= 0.6 is 12.1 Å². The van der Waals surface area contributed by atoms with Gasteiger partial charge in [-0.1, -0.05) is 24.3 Å². The quantitative estimate of drug-likeness (QED) is 0.675. The molecule has 0 bridgehead atoms. The Kier molecular flexibility index (Phi) is 3.82. The van der Waals surface area contributed by atoms with Crippen LogP contribution in [0, 0.1) is 5.82 Å². The fourth-order valence-electron chi connectivity index (χ4n) is 3.13. The van der Waals surface area contributed by atoms with E-state index in [0.717, 1.165) is 22.2 Å². The number of carboxylic acids is 1. The SMILES string of the molecule is CN1SNc2c(ccc3cccnc23)C1c1ccc(F)c(C(=O)O)c1. The van der Waals surface area contributed by atoms with Crippen LogP contribution in [0.1, 0.15) is 27.5 Å². The van der Waals surface area contributed by atoms with Crippen LogP contribution in [-0.2, 0) is 0 Å². The highest BCUT2D eigenvalue weighted by Crippen LogP contribution is 2.44. The number of carboxylic acid groups (broad SMARTS) is 1. The highest BCUT2D eigenvalue weighted by molar-refractivity contribution is 7.98. The van der Waals surface area contributed by atoms with Gasteiger partial charge in [-0.25, -0.2) is 13.5 Å². The van der Waals surface area contributed by atoms with Crippen LogP contribution in [0.3, 0.4) is 0 Å². The number of benzene rings is 2. The number of pyridine rings is 1. The number of nitrogens with zero attached hydrogens (tertiary/aromatic N) is 2. The van der Waals surface area contributed by atoms with Crippen molar-refractivity contribution in [1.29, 1.82) is 0 Å². The van der Waals surface area contributed by atoms with Crippen LogP contribution in [0.2, 0.25) is 0 Å². The van der Waals surface area contributed by atoms with E-state index in [0.29, 0.717) is 5.56 Å². The molecule has 1 unspecified atom stereocenters. The van der Waals surface area contributed by atoms with Crippen molar-refractivity contribution in [1.82, 2.24) is 9.29 Å². The molecular weight excluding hydrogens is 341 g/mol. The van der Waals surface area contributed by atoms with Crippen molar-refractivity contribution >= 4 is 34.7 Å². The molecule has 1 aliphatic rings. The molecule has 25 heavy (non-hydrogen) atoms. The van der Waals surface area contributed by atoms with E-state index in [-0.39, 0.29) is 11.6 Å². The average Bonchev–Trinajstić information content (AvgIpc) is 2.62. The van der Waals surface area contributed by atoms with Crippen LogP contribution in [0.5, 0.6) is 0 Å². The molecule has 126 valence electrons. The number of anilines is 1. The van der Waals surface area contributed by atoms with Crippen molar-refractivity contribution in [2.24, 2.45) is 0 Å². The van der Waals surface area contributed by atoms with Crippen molar-refractivity contribution in [2.45, 2.75) is 6.04 Å². The minimum atomic E-state index is -1.27. The summed E-state index contributed by atoms with van der Waals surface area (Å²) >= 11 is 1.40. The third-order valence-electron chi connectivity index (χ3n) is 4.29. The summed E-state index contributed by atoms with van der Waals surface area (Å²) in [5, 5.41) is 10.2. The first kappa shape index (κ1) is 15.9. The van der Waals surface area contributed by atoms with Gasteiger partial charge in [0.05, 0.1) is 22.8 Å². The van der Waals surface area contributed by atoms with Crippen molar-refractivity contribution in [3.63, 3.8) is 0 Å². The maximum atomic E-state index is 13.8. The lowest BCUT2D eigenvalue weighted by Gasteiger charge is -2.34. The summed E-state index contributed by atoms with van der Waals surface area (Å²) in [5.74, 6) is -2.01. The number of rotatable bonds is 2. The lowest BCUT2D eigenvalue weighted by molar-refractivity contribution is 0.0691. The number of nitrogens with one attached hydrogen (secondary N) is 1. The lowest BCUT2D eigenvalue weighted by Crippen LogP contribution is -2.26. The third kappa shape index (κ3) is 2.61. The molecule has 5 nitrogen and oxygen atoms in total. The number of aromatic nitrogens is 1. The smallest absolute Gasteiger partial charge is 0.338 e. The Labute approximate surface area is 147 Å². The standard InChI is InChI=1S/C18H14FN3O2S/c1-22-17(11-5-7-14(19)13(9-11)18(23)24)12-6-4-10-3-2-8-20-15(10)16(12)21-25-22/h2-9,17,21H,1H3,(H,23,24). The molecule has 7 heteroatoms. The van der Waals surface area contributed by atoms with Gasteiger partial charge in [0.25, 0.3) is 0 Å². The van der Waals surface area contributed by atoms with Gasteiger partial charge in [0.15, 0.2) is 0 Å². The molecule has 0 spiro atoms. The highest BCUT2D eigenvalue weighted by atomic mass is 32.2. The molecule has 0 saturated heterocycles. The van der Waals surface area contributed by atoms with Crippen LogP contribution < -0.4 is 4.72 Å². The minimum Gasteiger partial charge on any atom is -0.478 e. The van der Waals surface area contributed by atoms with E-state index in [1.807, 2.05) is 35.6 Å². The van der Waals surface area contributed by atoms with Crippen molar-refractivity contribution in [3.05, 3.63) is 71.2 Å². The number of hydrogen-bond donors (Lipinski definition) is 2. The van der Waals surface area contributed by atoms with Crippen molar-refractivity contribution in [2.75, 3.05) is 11.8 Å². The van der Waals surface area contributed by atoms with Crippen molar-refractivity contribution in [3.8, 4) is 0 Å². The van der Waals surface area contributed by atoms with Crippen LogP contribution in [0.15, 0.2) is 48.7 Å². The van der Waals surface area contributed by atoms with E-state index >= 15 is 0 Å². The second kappa shape index (κ2) is 6.02. The van der Waals surface area contributed by atoms with E-state index in [9.17, 15) is 14.3 Å². The summed E-state index contributed by atoms with van der Waals surface area (Å²) in [6, 6.07) is 11.9. The average molecular weight is 355 g/mol. The Balaban J connectivity index is 1.91. The Morgan fingerprint density at radius 2 is 2.16 bits per heavy atom. The molecule has 1 aromatic heterocycles. The Bertz CT molecular complexity index is 995. The molecule has 2 N–H and O–H groups in total. The zero-order chi connectivity index (χ0) is 17.6. The van der Waals surface area contributed by atoms with E-state index in [1.54, 1.807) is 12.3 Å².